The molecule has 0 saturated carbocycles. The van der Waals surface area contributed by atoms with E-state index in [1.165, 1.54) is 0 Å². The third-order valence-electron chi connectivity index (χ3n) is 1.72. The number of nitrogens with zero attached hydrogens (tertiary/aromatic N) is 1. The molecule has 0 aromatic heterocycles. The number of benzene rings is 1. The Balaban J connectivity index is 0. The zero-order valence-corrected chi connectivity index (χ0v) is 13.6. The second kappa shape index (κ2) is 10.6. The summed E-state index contributed by atoms with van der Waals surface area (Å²) in [6.45, 7) is 8.00. The maximum absolute atomic E-state index is 8.74. The van der Waals surface area contributed by atoms with Gasteiger partial charge in [0.05, 0.1) is 5.71 Å². The molecule has 81 valence electrons. The topological polar surface area (TPSA) is 32.6 Å². The van der Waals surface area contributed by atoms with E-state index in [4.69, 9.17) is 5.21 Å². The number of hydrogen-bond donors (Lipinski definition) is 1. The van der Waals surface area contributed by atoms with Gasteiger partial charge in [0.25, 0.3) is 0 Å². The second-order valence-electron chi connectivity index (χ2n) is 3.01. The van der Waals surface area contributed by atoms with Gasteiger partial charge in [-0.15, -0.1) is 0 Å². The van der Waals surface area contributed by atoms with Crippen molar-refractivity contribution < 1.29 is 46.5 Å². The molecular formula is C12H19NOPr. The first kappa shape index (κ1) is 17.4. The Morgan fingerprint density at radius 1 is 1.13 bits per heavy atom. The molecule has 15 heavy (non-hydrogen) atoms. The fourth-order valence-electron chi connectivity index (χ4n) is 1.12. The van der Waals surface area contributed by atoms with E-state index in [0.717, 1.165) is 11.3 Å². The van der Waals surface area contributed by atoms with Crippen LogP contribution >= 0.6 is 0 Å². The largest absolute Gasteiger partial charge is 0.411 e. The van der Waals surface area contributed by atoms with Gasteiger partial charge in [-0.05, 0) is 11.5 Å². The maximum atomic E-state index is 8.74. The molecule has 3 heteroatoms. The van der Waals surface area contributed by atoms with Crippen molar-refractivity contribution in [3.05, 3.63) is 35.9 Å². The minimum absolute atomic E-state index is 0. The molecule has 1 rings (SSSR count). The number of hydrogen-bond acceptors (Lipinski definition) is 2. The average Bonchev–Trinajstić information content (AvgIpc) is 2.23. The summed E-state index contributed by atoms with van der Waals surface area (Å²) in [5.74, 6) is 0.248. The predicted octanol–water partition coefficient (Wildman–Crippen LogP) is 3.55. The van der Waals surface area contributed by atoms with Gasteiger partial charge in [-0.2, -0.15) is 0 Å². The van der Waals surface area contributed by atoms with Crippen molar-refractivity contribution in [1.29, 1.82) is 0 Å². The van der Waals surface area contributed by atoms with Gasteiger partial charge >= 0.3 is 0 Å². The Morgan fingerprint density at radius 3 is 1.93 bits per heavy atom. The molecule has 0 fully saturated rings. The summed E-state index contributed by atoms with van der Waals surface area (Å²) in [6.07, 6.45) is 0. The van der Waals surface area contributed by atoms with Gasteiger partial charge in [0.1, 0.15) is 0 Å². The van der Waals surface area contributed by atoms with Crippen molar-refractivity contribution in [2.24, 2.45) is 11.1 Å². The molecule has 1 aromatic rings. The molecule has 1 radical (unpaired) electrons. The van der Waals surface area contributed by atoms with E-state index in [9.17, 15) is 0 Å². The van der Waals surface area contributed by atoms with Crippen LogP contribution in [-0.2, 0) is 0 Å². The molecule has 0 heterocycles. The summed E-state index contributed by atoms with van der Waals surface area (Å²) in [5.41, 5.74) is 1.71. The summed E-state index contributed by atoms with van der Waals surface area (Å²) in [7, 11) is 0. The molecule has 0 spiro atoms. The van der Waals surface area contributed by atoms with E-state index in [2.05, 4.69) is 5.16 Å². The van der Waals surface area contributed by atoms with Crippen molar-refractivity contribution in [2.75, 3.05) is 0 Å². The van der Waals surface area contributed by atoms with Crippen molar-refractivity contribution in [3.8, 4) is 0 Å². The van der Waals surface area contributed by atoms with Crippen LogP contribution in [0.15, 0.2) is 35.5 Å². The summed E-state index contributed by atoms with van der Waals surface area (Å²) in [4.78, 5) is 0. The van der Waals surface area contributed by atoms with Crippen LogP contribution in [0.5, 0.6) is 0 Å². The van der Waals surface area contributed by atoms with Gasteiger partial charge in [-0.3, -0.25) is 0 Å². The monoisotopic (exact) mass is 334 g/mol. The predicted molar refractivity (Wildman–Crippen MR) is 61.0 cm³/mol. The van der Waals surface area contributed by atoms with Crippen LogP contribution in [0.25, 0.3) is 0 Å². The fraction of sp³-hybridized carbons (Fsp3) is 0.417. The Morgan fingerprint density at radius 2 is 1.60 bits per heavy atom. The van der Waals surface area contributed by atoms with Crippen molar-refractivity contribution in [1.82, 2.24) is 0 Å². The second-order valence-corrected chi connectivity index (χ2v) is 3.01. The first-order valence-corrected chi connectivity index (χ1v) is 5.03. The van der Waals surface area contributed by atoms with E-state index >= 15 is 0 Å². The molecule has 2 nitrogen and oxygen atoms in total. The molecule has 0 aliphatic heterocycles. The Hall–Kier alpha value is 0.0536. The third kappa shape index (κ3) is 6.26. The van der Waals surface area contributed by atoms with Gasteiger partial charge in [-0.1, -0.05) is 63.2 Å². The Kier molecular flexibility index (Phi) is 12.3. The van der Waals surface area contributed by atoms with E-state index in [1.807, 2.05) is 58.0 Å². The van der Waals surface area contributed by atoms with Crippen LogP contribution in [0, 0.1) is 47.2 Å². The van der Waals surface area contributed by atoms with Gasteiger partial charge in [-0.25, -0.2) is 0 Å². The van der Waals surface area contributed by atoms with Crippen LogP contribution in [-0.4, -0.2) is 10.9 Å². The van der Waals surface area contributed by atoms with Gasteiger partial charge < -0.3 is 5.21 Å². The molecule has 0 aliphatic rings. The summed E-state index contributed by atoms with van der Waals surface area (Å²) in [6, 6.07) is 9.69. The minimum atomic E-state index is 0. The molecular weight excluding hydrogens is 315 g/mol. The maximum Gasteiger partial charge on any atom is 0.0893 e. The SMILES string of the molecule is CC.CC(C)/C(=N/O)c1ccccc1.[Pr]. The van der Waals surface area contributed by atoms with Gasteiger partial charge in [0, 0.05) is 41.3 Å². The van der Waals surface area contributed by atoms with Crippen LogP contribution < -0.4 is 0 Å². The van der Waals surface area contributed by atoms with Crippen LogP contribution in [0.3, 0.4) is 0 Å². The van der Waals surface area contributed by atoms with Crippen molar-refractivity contribution in [3.63, 3.8) is 0 Å². The van der Waals surface area contributed by atoms with E-state index in [0.29, 0.717) is 0 Å². The normalized spacial score (nSPS) is 10.1. The van der Waals surface area contributed by atoms with Crippen LogP contribution in [0.1, 0.15) is 33.3 Å². The summed E-state index contributed by atoms with van der Waals surface area (Å²) < 4.78 is 0. The quantitative estimate of drug-likeness (QED) is 0.501. The van der Waals surface area contributed by atoms with Crippen molar-refractivity contribution >= 4 is 5.71 Å². The fourth-order valence-corrected chi connectivity index (χ4v) is 1.12. The summed E-state index contributed by atoms with van der Waals surface area (Å²) in [5, 5.41) is 12.0. The van der Waals surface area contributed by atoms with E-state index in [-0.39, 0.29) is 47.2 Å². The van der Waals surface area contributed by atoms with Gasteiger partial charge in [0.15, 0.2) is 0 Å². The molecule has 0 saturated heterocycles. The van der Waals surface area contributed by atoms with E-state index < -0.39 is 0 Å². The zero-order valence-electron chi connectivity index (χ0n) is 9.94. The average molecular weight is 334 g/mol. The van der Waals surface area contributed by atoms with Crippen molar-refractivity contribution in [2.45, 2.75) is 27.7 Å². The molecule has 0 unspecified atom stereocenters. The van der Waals surface area contributed by atoms with E-state index in [1.54, 1.807) is 0 Å². The summed E-state index contributed by atoms with van der Waals surface area (Å²) >= 11 is 0. The smallest absolute Gasteiger partial charge is 0.0893 e. The minimum Gasteiger partial charge on any atom is -0.411 e. The third-order valence-corrected chi connectivity index (χ3v) is 1.72. The Bertz CT molecular complexity index is 270. The molecule has 0 bridgehead atoms. The molecule has 1 N–H and O–H groups in total. The first-order valence-electron chi connectivity index (χ1n) is 5.03. The molecule has 1 aromatic carbocycles. The number of rotatable bonds is 2. The van der Waals surface area contributed by atoms with Crippen LogP contribution in [0.4, 0.5) is 0 Å². The molecule has 0 atom stereocenters. The van der Waals surface area contributed by atoms with Gasteiger partial charge in [0.2, 0.25) is 0 Å². The first-order chi connectivity index (χ1) is 6.75. The zero-order chi connectivity index (χ0) is 11.0. The molecule has 0 amide bonds. The number of oxime groups is 1. The Labute approximate surface area is 126 Å². The molecule has 0 aliphatic carbocycles. The van der Waals surface area contributed by atoms with Crippen LogP contribution in [0.2, 0.25) is 0 Å². The standard InChI is InChI=1S/C10H13NO.C2H6.Pr/c1-8(2)10(11-12)9-6-4-3-5-7-9;1-2;/h3-8,12H,1-2H3;1-2H3;/b11-10-;;.